The Balaban J connectivity index is 1.17. The highest BCUT2D eigenvalue weighted by Gasteiger charge is 2.27. The fraction of sp³-hybridized carbons (Fsp3) is 0.500. The molecular formula is C28H33N3O2. The van der Waals surface area contributed by atoms with Crippen molar-refractivity contribution >= 4 is 11.6 Å². The Bertz CT molecular complexity index is 1030. The summed E-state index contributed by atoms with van der Waals surface area (Å²) in [6.07, 6.45) is 6.86. The number of nitrogens with zero attached hydrogens (tertiary/aromatic N) is 2. The average Bonchev–Trinajstić information content (AvgIpc) is 3.79. The van der Waals surface area contributed by atoms with Gasteiger partial charge in [0.1, 0.15) is 11.8 Å². The zero-order chi connectivity index (χ0) is 22.8. The second-order valence-corrected chi connectivity index (χ2v) is 9.98. The van der Waals surface area contributed by atoms with E-state index in [1.807, 2.05) is 25.1 Å². The van der Waals surface area contributed by atoms with Gasteiger partial charge in [0.05, 0.1) is 23.8 Å². The molecule has 1 unspecified atom stereocenters. The Hall–Kier alpha value is -3.00. The van der Waals surface area contributed by atoms with Crippen LogP contribution < -0.4 is 15.0 Å². The lowest BCUT2D eigenvalue weighted by Crippen LogP contribution is -2.33. The van der Waals surface area contributed by atoms with Gasteiger partial charge < -0.3 is 15.0 Å². The summed E-state index contributed by atoms with van der Waals surface area (Å²) in [5.41, 5.74) is 4.14. The number of amides is 1. The zero-order valence-electron chi connectivity index (χ0n) is 19.4. The number of piperidine rings is 1. The highest BCUT2D eigenvalue weighted by Crippen LogP contribution is 2.34. The van der Waals surface area contributed by atoms with Gasteiger partial charge in [-0.05, 0) is 86.6 Å². The van der Waals surface area contributed by atoms with Gasteiger partial charge in [-0.2, -0.15) is 5.26 Å². The van der Waals surface area contributed by atoms with Crippen LogP contribution in [0, 0.1) is 17.2 Å². The van der Waals surface area contributed by atoms with Gasteiger partial charge in [0.15, 0.2) is 0 Å². The van der Waals surface area contributed by atoms with E-state index < -0.39 is 0 Å². The summed E-state index contributed by atoms with van der Waals surface area (Å²) in [6.45, 7) is 4.62. The molecule has 1 amide bonds. The fourth-order valence-electron chi connectivity index (χ4n) is 4.68. The summed E-state index contributed by atoms with van der Waals surface area (Å²) in [5.74, 6) is 2.04. The second kappa shape index (κ2) is 9.47. The maximum absolute atomic E-state index is 12.3. The van der Waals surface area contributed by atoms with Crippen LogP contribution in [0.2, 0.25) is 0 Å². The van der Waals surface area contributed by atoms with Crippen LogP contribution in [0.15, 0.2) is 42.5 Å². The number of ether oxygens (including phenoxy) is 1. The van der Waals surface area contributed by atoms with Gasteiger partial charge >= 0.3 is 0 Å². The van der Waals surface area contributed by atoms with Crippen LogP contribution in [-0.4, -0.2) is 31.6 Å². The summed E-state index contributed by atoms with van der Waals surface area (Å²) in [6, 6.07) is 17.3. The Labute approximate surface area is 196 Å². The molecule has 5 nitrogen and oxygen atoms in total. The Morgan fingerprint density at radius 1 is 1.09 bits per heavy atom. The number of carbonyl (C=O) groups excluding carboxylic acids is 1. The molecule has 0 radical (unpaired) electrons. The molecule has 2 saturated carbocycles. The van der Waals surface area contributed by atoms with Crippen LogP contribution in [0.4, 0.5) is 5.69 Å². The molecule has 0 bridgehead atoms. The topological polar surface area (TPSA) is 65.4 Å². The smallest absolute Gasteiger partial charge is 0.227 e. The minimum Gasteiger partial charge on any atom is -0.493 e. The number of anilines is 1. The highest BCUT2D eigenvalue weighted by molar-refractivity contribution is 5.83. The van der Waals surface area contributed by atoms with Gasteiger partial charge in [-0.25, -0.2) is 0 Å². The number of rotatable bonds is 8. The largest absolute Gasteiger partial charge is 0.493 e. The highest BCUT2D eigenvalue weighted by atomic mass is 16.5. The molecule has 2 aromatic carbocycles. The lowest BCUT2D eigenvalue weighted by molar-refractivity contribution is -0.122. The van der Waals surface area contributed by atoms with Crippen molar-refractivity contribution < 1.29 is 9.53 Å². The normalized spacial score (nSPS) is 19.6. The Kier molecular flexibility index (Phi) is 6.26. The SMILES string of the molecule is CC(C(=O)NC1CC1)c1ccc(C2CCN(c3ccc(OCC4CC4)cc3C#N)CC2)cc1. The van der Waals surface area contributed by atoms with Crippen molar-refractivity contribution in [3.8, 4) is 11.8 Å². The van der Waals surface area contributed by atoms with Gasteiger partial charge in [0, 0.05) is 19.1 Å². The quantitative estimate of drug-likeness (QED) is 0.615. The summed E-state index contributed by atoms with van der Waals surface area (Å²) in [5, 5.41) is 12.8. The first-order valence-corrected chi connectivity index (χ1v) is 12.4. The van der Waals surface area contributed by atoms with Gasteiger partial charge in [-0.3, -0.25) is 4.79 Å². The van der Waals surface area contributed by atoms with Crippen LogP contribution in [0.5, 0.6) is 5.75 Å². The van der Waals surface area contributed by atoms with Gasteiger partial charge in [-0.1, -0.05) is 24.3 Å². The number of hydrogen-bond acceptors (Lipinski definition) is 4. The van der Waals surface area contributed by atoms with Crippen LogP contribution in [0.3, 0.4) is 0 Å². The van der Waals surface area contributed by atoms with Gasteiger partial charge in [-0.15, -0.1) is 0 Å². The van der Waals surface area contributed by atoms with E-state index in [4.69, 9.17) is 4.74 Å². The average molecular weight is 444 g/mol. The lowest BCUT2D eigenvalue weighted by atomic mass is 9.87. The Morgan fingerprint density at radius 2 is 1.82 bits per heavy atom. The minimum absolute atomic E-state index is 0.109. The first-order chi connectivity index (χ1) is 16.1. The summed E-state index contributed by atoms with van der Waals surface area (Å²) in [4.78, 5) is 14.7. The number of hydrogen-bond donors (Lipinski definition) is 1. The minimum atomic E-state index is -0.109. The summed E-state index contributed by atoms with van der Waals surface area (Å²) < 4.78 is 5.86. The third kappa shape index (κ3) is 5.33. The van der Waals surface area contributed by atoms with Gasteiger partial charge in [0.2, 0.25) is 5.91 Å². The third-order valence-electron chi connectivity index (χ3n) is 7.33. The first kappa shape index (κ1) is 21.8. The molecule has 5 rings (SSSR count). The van der Waals surface area contributed by atoms with E-state index in [1.54, 1.807) is 0 Å². The molecule has 1 heterocycles. The number of nitriles is 1. The molecule has 0 aromatic heterocycles. The van der Waals surface area contributed by atoms with Crippen molar-refractivity contribution in [2.24, 2.45) is 5.92 Å². The second-order valence-electron chi connectivity index (χ2n) is 9.98. The van der Waals surface area contributed by atoms with Crippen LogP contribution >= 0.6 is 0 Å². The van der Waals surface area contributed by atoms with Crippen LogP contribution in [-0.2, 0) is 4.79 Å². The molecule has 0 spiro atoms. The standard InChI is InChI=1S/C28H33N3O2/c1-19(28(32)30-25-8-9-25)21-4-6-22(7-5-21)23-12-14-31(15-13-23)27-11-10-26(16-24(27)17-29)33-18-20-2-3-20/h4-7,10-11,16,19-20,23,25H,2-3,8-9,12-15,18H2,1H3,(H,30,32). The van der Waals surface area contributed by atoms with Crippen molar-refractivity contribution in [1.82, 2.24) is 5.32 Å². The van der Waals surface area contributed by atoms with E-state index >= 15 is 0 Å². The summed E-state index contributed by atoms with van der Waals surface area (Å²) in [7, 11) is 0. The van der Waals surface area contributed by atoms with E-state index in [1.165, 1.54) is 18.4 Å². The molecule has 5 heteroatoms. The van der Waals surface area contributed by atoms with Crippen LogP contribution in [0.1, 0.15) is 74.0 Å². The van der Waals surface area contributed by atoms with Crippen molar-refractivity contribution in [2.75, 3.05) is 24.6 Å². The van der Waals surface area contributed by atoms with Crippen molar-refractivity contribution in [1.29, 1.82) is 5.26 Å². The molecule has 2 aliphatic carbocycles. The maximum atomic E-state index is 12.3. The maximum Gasteiger partial charge on any atom is 0.227 e. The van der Waals surface area contributed by atoms with Gasteiger partial charge in [0.25, 0.3) is 0 Å². The molecule has 33 heavy (non-hydrogen) atoms. The number of carbonyl (C=O) groups is 1. The summed E-state index contributed by atoms with van der Waals surface area (Å²) >= 11 is 0. The first-order valence-electron chi connectivity index (χ1n) is 12.4. The number of benzene rings is 2. The monoisotopic (exact) mass is 443 g/mol. The van der Waals surface area contributed by atoms with E-state index in [2.05, 4.69) is 40.6 Å². The molecule has 1 saturated heterocycles. The zero-order valence-corrected chi connectivity index (χ0v) is 19.4. The molecule has 1 atom stereocenters. The molecular weight excluding hydrogens is 410 g/mol. The molecule has 1 N–H and O–H groups in total. The number of nitrogens with one attached hydrogen (secondary N) is 1. The van der Waals surface area contributed by atoms with Crippen LogP contribution in [0.25, 0.3) is 0 Å². The molecule has 1 aliphatic heterocycles. The van der Waals surface area contributed by atoms with E-state index in [9.17, 15) is 10.1 Å². The van der Waals surface area contributed by atoms with E-state index in [0.29, 0.717) is 23.4 Å². The molecule has 2 aromatic rings. The molecule has 3 aliphatic rings. The predicted octanol–water partition coefficient (Wildman–Crippen LogP) is 5.11. The Morgan fingerprint density at radius 3 is 2.45 bits per heavy atom. The molecule has 172 valence electrons. The van der Waals surface area contributed by atoms with E-state index in [0.717, 1.165) is 62.4 Å². The lowest BCUT2D eigenvalue weighted by Gasteiger charge is -2.34. The van der Waals surface area contributed by atoms with E-state index in [-0.39, 0.29) is 11.8 Å². The van der Waals surface area contributed by atoms with Crippen molar-refractivity contribution in [3.05, 3.63) is 59.2 Å². The molecule has 3 fully saturated rings. The van der Waals surface area contributed by atoms with Crippen molar-refractivity contribution in [3.63, 3.8) is 0 Å². The predicted molar refractivity (Wildman–Crippen MR) is 130 cm³/mol. The van der Waals surface area contributed by atoms with Crippen molar-refractivity contribution in [2.45, 2.75) is 63.3 Å². The fourth-order valence-corrected chi connectivity index (χ4v) is 4.68. The third-order valence-corrected chi connectivity index (χ3v) is 7.33.